The number of amides is 2. The van der Waals surface area contributed by atoms with Crippen molar-refractivity contribution in [1.82, 2.24) is 5.32 Å². The lowest BCUT2D eigenvalue weighted by molar-refractivity contribution is 0.0174. The van der Waals surface area contributed by atoms with Crippen LogP contribution in [0.1, 0.15) is 12.5 Å². The molecule has 0 aliphatic rings. The Morgan fingerprint density at radius 2 is 1.70 bits per heavy atom. The van der Waals surface area contributed by atoms with E-state index in [1.807, 2.05) is 12.1 Å². The number of anilines is 1. The molecule has 0 radical (unpaired) electrons. The third-order valence-corrected chi connectivity index (χ3v) is 4.58. The van der Waals surface area contributed by atoms with Gasteiger partial charge >= 0.3 is 6.03 Å². The number of nitrogens with one attached hydrogen (secondary N) is 3. The van der Waals surface area contributed by atoms with Gasteiger partial charge in [-0.3, -0.25) is 0 Å². The number of carbonyl (C=O) groups excluding carboxylic acids is 1. The molecule has 2 aromatic carbocycles. The molecule has 0 aliphatic carbocycles. The molecule has 0 aliphatic heterocycles. The summed E-state index contributed by atoms with van der Waals surface area (Å²) in [6, 6.07) is 12.9. The van der Waals surface area contributed by atoms with Crippen LogP contribution in [0.3, 0.4) is 0 Å². The molecule has 0 saturated carbocycles. The molecule has 2 amide bonds. The number of hydrogen-bond donors (Lipinski definition) is 4. The van der Waals surface area contributed by atoms with E-state index in [0.717, 1.165) is 22.9 Å². The van der Waals surface area contributed by atoms with Crippen LogP contribution in [0.5, 0.6) is 0 Å². The van der Waals surface area contributed by atoms with Crippen LogP contribution >= 0.6 is 11.8 Å². The summed E-state index contributed by atoms with van der Waals surface area (Å²) in [6.45, 7) is 1.03. The van der Waals surface area contributed by atoms with Gasteiger partial charge < -0.3 is 21.8 Å². The zero-order valence-corrected chi connectivity index (χ0v) is 15.4. The minimum absolute atomic E-state index is 0.0203. The number of nitrogens with two attached hydrogens (primary N) is 1. The zero-order chi connectivity index (χ0) is 19.9. The molecule has 0 saturated heterocycles. The van der Waals surface area contributed by atoms with Crippen molar-refractivity contribution in [3.8, 4) is 0 Å². The standard InChI is InChI=1S/C19H20F2N4OS/c1-19(20,21)14-2-6-16(7-3-14)27-17-8-4-15(5-9-17)25-18(26)24-12-13(10-22)11-23/h2-11,22H,12,23H2,1H3,(H2,24,25,26)/b13-11+,22-10?. The van der Waals surface area contributed by atoms with E-state index in [-0.39, 0.29) is 12.1 Å². The van der Waals surface area contributed by atoms with Crippen LogP contribution in [0.15, 0.2) is 70.1 Å². The Bertz CT molecular complexity index is 815. The number of carbonyl (C=O) groups is 1. The minimum Gasteiger partial charge on any atom is -0.404 e. The van der Waals surface area contributed by atoms with E-state index in [1.54, 1.807) is 24.3 Å². The molecule has 0 aromatic heterocycles. The lowest BCUT2D eigenvalue weighted by Gasteiger charge is -2.11. The molecular weight excluding hydrogens is 370 g/mol. The first kappa shape index (κ1) is 20.4. The summed E-state index contributed by atoms with van der Waals surface area (Å²) in [5, 5.41) is 12.4. The first-order valence-electron chi connectivity index (χ1n) is 8.04. The second kappa shape index (κ2) is 9.18. The Labute approximate surface area is 160 Å². The topological polar surface area (TPSA) is 91.0 Å². The van der Waals surface area contributed by atoms with Gasteiger partial charge in [0.2, 0.25) is 0 Å². The number of halogens is 2. The van der Waals surface area contributed by atoms with Crippen LogP contribution in [0.4, 0.5) is 19.3 Å². The average molecular weight is 390 g/mol. The van der Waals surface area contributed by atoms with Crippen LogP contribution in [0.25, 0.3) is 0 Å². The monoisotopic (exact) mass is 390 g/mol. The molecular formula is C19H20F2N4OS. The highest BCUT2D eigenvalue weighted by Crippen LogP contribution is 2.32. The molecule has 5 N–H and O–H groups in total. The van der Waals surface area contributed by atoms with Crippen molar-refractivity contribution in [2.24, 2.45) is 5.73 Å². The van der Waals surface area contributed by atoms with Gasteiger partial charge in [0.15, 0.2) is 0 Å². The van der Waals surface area contributed by atoms with Crippen LogP contribution < -0.4 is 16.4 Å². The third kappa shape index (κ3) is 6.41. The summed E-state index contributed by atoms with van der Waals surface area (Å²) < 4.78 is 26.5. The quantitative estimate of drug-likeness (QED) is 0.522. The van der Waals surface area contributed by atoms with E-state index >= 15 is 0 Å². The maximum Gasteiger partial charge on any atom is 0.319 e. The Morgan fingerprint density at radius 1 is 1.15 bits per heavy atom. The maximum atomic E-state index is 13.2. The lowest BCUT2D eigenvalue weighted by atomic mass is 10.1. The molecule has 27 heavy (non-hydrogen) atoms. The van der Waals surface area contributed by atoms with E-state index in [1.165, 1.54) is 30.1 Å². The van der Waals surface area contributed by atoms with Crippen molar-refractivity contribution < 1.29 is 13.6 Å². The van der Waals surface area contributed by atoms with Crippen LogP contribution in [0.2, 0.25) is 0 Å². The molecule has 2 rings (SSSR count). The van der Waals surface area contributed by atoms with Crippen molar-refractivity contribution in [2.75, 3.05) is 11.9 Å². The van der Waals surface area contributed by atoms with E-state index in [9.17, 15) is 13.6 Å². The Hall–Kier alpha value is -2.87. The predicted molar refractivity (Wildman–Crippen MR) is 105 cm³/mol. The first-order valence-corrected chi connectivity index (χ1v) is 8.86. The summed E-state index contributed by atoms with van der Waals surface area (Å²) in [5.74, 6) is -2.85. The first-order chi connectivity index (χ1) is 12.8. The second-order valence-electron chi connectivity index (χ2n) is 5.73. The van der Waals surface area contributed by atoms with Crippen LogP contribution in [-0.4, -0.2) is 18.8 Å². The highest BCUT2D eigenvalue weighted by atomic mass is 32.2. The van der Waals surface area contributed by atoms with Gasteiger partial charge in [-0.05, 0) is 36.4 Å². The molecule has 8 heteroatoms. The Kier molecular flexibility index (Phi) is 6.95. The Morgan fingerprint density at radius 3 is 2.19 bits per heavy atom. The number of hydrogen-bond acceptors (Lipinski definition) is 4. The number of alkyl halides is 2. The van der Waals surface area contributed by atoms with E-state index in [0.29, 0.717) is 11.3 Å². The summed E-state index contributed by atoms with van der Waals surface area (Å²) in [7, 11) is 0. The SMILES string of the molecule is CC(F)(F)c1ccc(Sc2ccc(NC(=O)NC/C(C=N)=C/N)cc2)cc1. The molecule has 0 unspecified atom stereocenters. The molecule has 5 nitrogen and oxygen atoms in total. The van der Waals surface area contributed by atoms with Crippen molar-refractivity contribution >= 4 is 29.7 Å². The van der Waals surface area contributed by atoms with Gasteiger partial charge in [-0.25, -0.2) is 13.6 Å². The lowest BCUT2D eigenvalue weighted by Crippen LogP contribution is -2.30. The van der Waals surface area contributed by atoms with Crippen molar-refractivity contribution in [3.05, 3.63) is 65.9 Å². The van der Waals surface area contributed by atoms with Crippen molar-refractivity contribution in [3.63, 3.8) is 0 Å². The fourth-order valence-electron chi connectivity index (χ4n) is 2.07. The molecule has 142 valence electrons. The highest BCUT2D eigenvalue weighted by molar-refractivity contribution is 7.99. The zero-order valence-electron chi connectivity index (χ0n) is 14.6. The van der Waals surface area contributed by atoms with Gasteiger partial charge in [-0.2, -0.15) is 0 Å². The fourth-order valence-corrected chi connectivity index (χ4v) is 2.89. The minimum atomic E-state index is -2.85. The molecule has 0 heterocycles. The average Bonchev–Trinajstić information content (AvgIpc) is 2.64. The number of urea groups is 1. The van der Waals surface area contributed by atoms with Crippen LogP contribution in [-0.2, 0) is 5.92 Å². The van der Waals surface area contributed by atoms with Gasteiger partial charge in [0.25, 0.3) is 5.92 Å². The predicted octanol–water partition coefficient (Wildman–Crippen LogP) is 4.56. The summed E-state index contributed by atoms with van der Waals surface area (Å²) in [6.07, 6.45) is 2.33. The molecule has 0 bridgehead atoms. The van der Waals surface area contributed by atoms with E-state index < -0.39 is 12.0 Å². The van der Waals surface area contributed by atoms with Gasteiger partial charge in [0.1, 0.15) is 0 Å². The van der Waals surface area contributed by atoms with Gasteiger partial charge in [-0.1, -0.05) is 23.9 Å². The fraction of sp³-hybridized carbons (Fsp3) is 0.158. The summed E-state index contributed by atoms with van der Waals surface area (Å²) in [5.41, 5.74) is 6.38. The van der Waals surface area contributed by atoms with Gasteiger partial charge in [-0.15, -0.1) is 0 Å². The highest BCUT2D eigenvalue weighted by Gasteiger charge is 2.23. The van der Waals surface area contributed by atoms with Crippen LogP contribution in [0, 0.1) is 5.41 Å². The maximum absolute atomic E-state index is 13.2. The smallest absolute Gasteiger partial charge is 0.319 e. The third-order valence-electron chi connectivity index (χ3n) is 3.56. The molecule has 2 aromatic rings. The van der Waals surface area contributed by atoms with Crippen molar-refractivity contribution in [2.45, 2.75) is 22.6 Å². The summed E-state index contributed by atoms with van der Waals surface area (Å²) >= 11 is 1.44. The summed E-state index contributed by atoms with van der Waals surface area (Å²) in [4.78, 5) is 13.6. The Balaban J connectivity index is 1.91. The second-order valence-corrected chi connectivity index (χ2v) is 6.88. The van der Waals surface area contributed by atoms with Gasteiger partial charge in [0.05, 0.1) is 0 Å². The number of benzene rings is 2. The van der Waals surface area contributed by atoms with Crippen molar-refractivity contribution in [1.29, 1.82) is 5.41 Å². The largest absolute Gasteiger partial charge is 0.404 e. The van der Waals surface area contributed by atoms with E-state index in [2.05, 4.69) is 10.6 Å². The normalized spacial score (nSPS) is 11.7. The molecule has 0 atom stereocenters. The number of rotatable bonds is 7. The molecule has 0 spiro atoms. The molecule has 0 fully saturated rings. The van der Waals surface area contributed by atoms with E-state index in [4.69, 9.17) is 11.1 Å². The van der Waals surface area contributed by atoms with Gasteiger partial charge in [0, 0.05) is 52.5 Å².